The molecule has 1 aromatic carbocycles. The second-order valence-electron chi connectivity index (χ2n) is 3.71. The van der Waals surface area contributed by atoms with Crippen molar-refractivity contribution in [3.8, 4) is 0 Å². The summed E-state index contributed by atoms with van der Waals surface area (Å²) in [6.07, 6.45) is 1.32. The molecule has 1 saturated carbocycles. The van der Waals surface area contributed by atoms with E-state index >= 15 is 0 Å². The second kappa shape index (κ2) is 3.69. The summed E-state index contributed by atoms with van der Waals surface area (Å²) in [5, 5.41) is 4.04. The van der Waals surface area contributed by atoms with E-state index in [0.29, 0.717) is 0 Å². The van der Waals surface area contributed by atoms with Gasteiger partial charge in [0.2, 0.25) is 0 Å². The average molecular weight is 196 g/mol. The van der Waals surface area contributed by atoms with Gasteiger partial charge in [0.05, 0.1) is 0 Å². The minimum Gasteiger partial charge on any atom is -0.319 e. The SMILES string of the molecule is CNC[C@H]1C[C@@H]1c1ccc(Cl)cc1. The Labute approximate surface area is 84.1 Å². The molecule has 1 fully saturated rings. The lowest BCUT2D eigenvalue weighted by Gasteiger charge is -1.99. The highest BCUT2D eigenvalue weighted by molar-refractivity contribution is 6.30. The summed E-state index contributed by atoms with van der Waals surface area (Å²) in [5.74, 6) is 1.61. The summed E-state index contributed by atoms with van der Waals surface area (Å²) in [6, 6.07) is 8.24. The van der Waals surface area contributed by atoms with E-state index < -0.39 is 0 Å². The van der Waals surface area contributed by atoms with E-state index in [1.165, 1.54) is 12.0 Å². The number of nitrogens with one attached hydrogen (secondary N) is 1. The van der Waals surface area contributed by atoms with Crippen LogP contribution in [0.5, 0.6) is 0 Å². The van der Waals surface area contributed by atoms with Crippen LogP contribution in [0.15, 0.2) is 24.3 Å². The van der Waals surface area contributed by atoms with Gasteiger partial charge in [-0.1, -0.05) is 23.7 Å². The molecule has 1 nitrogen and oxygen atoms in total. The third kappa shape index (κ3) is 2.04. The van der Waals surface area contributed by atoms with Crippen molar-refractivity contribution in [3.05, 3.63) is 34.9 Å². The van der Waals surface area contributed by atoms with Gasteiger partial charge < -0.3 is 5.32 Å². The molecule has 70 valence electrons. The molecule has 0 aromatic heterocycles. The molecule has 2 rings (SSSR count). The van der Waals surface area contributed by atoms with Crippen LogP contribution in [0.3, 0.4) is 0 Å². The van der Waals surface area contributed by atoms with Crippen LogP contribution in [0.4, 0.5) is 0 Å². The fourth-order valence-electron chi connectivity index (χ4n) is 1.85. The number of hydrogen-bond donors (Lipinski definition) is 1. The van der Waals surface area contributed by atoms with Gasteiger partial charge in [-0.05, 0) is 49.5 Å². The molecule has 1 aromatic rings. The molecule has 0 heterocycles. The smallest absolute Gasteiger partial charge is 0.0406 e. The summed E-state index contributed by atoms with van der Waals surface area (Å²) in [4.78, 5) is 0. The van der Waals surface area contributed by atoms with Crippen molar-refractivity contribution in [2.45, 2.75) is 12.3 Å². The molecular formula is C11H14ClN. The second-order valence-corrected chi connectivity index (χ2v) is 4.15. The first-order valence-electron chi connectivity index (χ1n) is 4.71. The first kappa shape index (κ1) is 9.04. The predicted octanol–water partition coefficient (Wildman–Crippen LogP) is 2.66. The van der Waals surface area contributed by atoms with Crippen LogP contribution in [-0.4, -0.2) is 13.6 Å². The highest BCUT2D eigenvalue weighted by Gasteiger charge is 2.37. The van der Waals surface area contributed by atoms with Crippen LogP contribution in [0, 0.1) is 5.92 Å². The van der Waals surface area contributed by atoms with Gasteiger partial charge in [-0.3, -0.25) is 0 Å². The van der Waals surface area contributed by atoms with E-state index in [1.54, 1.807) is 0 Å². The lowest BCUT2D eigenvalue weighted by Crippen LogP contribution is -2.10. The van der Waals surface area contributed by atoms with E-state index in [-0.39, 0.29) is 0 Å². The normalized spacial score (nSPS) is 26.0. The van der Waals surface area contributed by atoms with Crippen molar-refractivity contribution in [1.82, 2.24) is 5.32 Å². The maximum absolute atomic E-state index is 5.82. The summed E-state index contributed by atoms with van der Waals surface area (Å²) in [6.45, 7) is 1.13. The summed E-state index contributed by atoms with van der Waals surface area (Å²) < 4.78 is 0. The molecule has 0 spiro atoms. The Morgan fingerprint density at radius 1 is 1.38 bits per heavy atom. The number of rotatable bonds is 3. The van der Waals surface area contributed by atoms with Gasteiger partial charge in [0.1, 0.15) is 0 Å². The van der Waals surface area contributed by atoms with Gasteiger partial charge in [-0.15, -0.1) is 0 Å². The Kier molecular flexibility index (Phi) is 2.56. The zero-order valence-electron chi connectivity index (χ0n) is 7.76. The largest absolute Gasteiger partial charge is 0.319 e. The van der Waals surface area contributed by atoms with Crippen LogP contribution >= 0.6 is 11.6 Å². The molecule has 0 unspecified atom stereocenters. The first-order chi connectivity index (χ1) is 6.31. The molecule has 0 saturated heterocycles. The van der Waals surface area contributed by atoms with Gasteiger partial charge in [0.15, 0.2) is 0 Å². The monoisotopic (exact) mass is 195 g/mol. The Morgan fingerprint density at radius 3 is 2.69 bits per heavy atom. The van der Waals surface area contributed by atoms with Crippen LogP contribution in [0.25, 0.3) is 0 Å². The Balaban J connectivity index is 2.00. The molecule has 0 bridgehead atoms. The van der Waals surface area contributed by atoms with Crippen molar-refractivity contribution in [2.24, 2.45) is 5.92 Å². The number of benzene rings is 1. The van der Waals surface area contributed by atoms with E-state index in [1.807, 2.05) is 19.2 Å². The lowest BCUT2D eigenvalue weighted by atomic mass is 10.1. The summed E-state index contributed by atoms with van der Waals surface area (Å²) in [7, 11) is 2.01. The lowest BCUT2D eigenvalue weighted by molar-refractivity contribution is 0.698. The van der Waals surface area contributed by atoms with Crippen LogP contribution in [0.2, 0.25) is 5.02 Å². The Morgan fingerprint density at radius 2 is 2.08 bits per heavy atom. The maximum Gasteiger partial charge on any atom is 0.0406 e. The third-order valence-electron chi connectivity index (χ3n) is 2.69. The van der Waals surface area contributed by atoms with Gasteiger partial charge in [0, 0.05) is 5.02 Å². The zero-order valence-corrected chi connectivity index (χ0v) is 8.51. The van der Waals surface area contributed by atoms with Gasteiger partial charge in [-0.25, -0.2) is 0 Å². The molecule has 2 atom stereocenters. The Bertz CT molecular complexity index is 281. The third-order valence-corrected chi connectivity index (χ3v) is 2.94. The quantitative estimate of drug-likeness (QED) is 0.782. The first-order valence-corrected chi connectivity index (χ1v) is 5.09. The molecular weight excluding hydrogens is 182 g/mol. The molecule has 1 aliphatic rings. The van der Waals surface area contributed by atoms with Crippen molar-refractivity contribution in [2.75, 3.05) is 13.6 Å². The van der Waals surface area contributed by atoms with E-state index in [4.69, 9.17) is 11.6 Å². The fourth-order valence-corrected chi connectivity index (χ4v) is 1.98. The number of hydrogen-bond acceptors (Lipinski definition) is 1. The van der Waals surface area contributed by atoms with Crippen molar-refractivity contribution < 1.29 is 0 Å². The molecule has 0 aliphatic heterocycles. The van der Waals surface area contributed by atoms with E-state index in [2.05, 4.69) is 17.4 Å². The highest BCUT2D eigenvalue weighted by Crippen LogP contribution is 2.46. The topological polar surface area (TPSA) is 12.0 Å². The molecule has 13 heavy (non-hydrogen) atoms. The van der Waals surface area contributed by atoms with Crippen LogP contribution in [0.1, 0.15) is 17.9 Å². The van der Waals surface area contributed by atoms with Gasteiger partial charge >= 0.3 is 0 Å². The van der Waals surface area contributed by atoms with E-state index in [9.17, 15) is 0 Å². The van der Waals surface area contributed by atoms with Crippen molar-refractivity contribution >= 4 is 11.6 Å². The van der Waals surface area contributed by atoms with E-state index in [0.717, 1.165) is 23.4 Å². The van der Waals surface area contributed by atoms with Gasteiger partial charge in [-0.2, -0.15) is 0 Å². The van der Waals surface area contributed by atoms with Crippen LogP contribution < -0.4 is 5.32 Å². The molecule has 2 heteroatoms. The van der Waals surface area contributed by atoms with Crippen LogP contribution in [-0.2, 0) is 0 Å². The average Bonchev–Trinajstić information content (AvgIpc) is 2.86. The standard InChI is InChI=1S/C11H14ClN/c1-13-7-9-6-11(9)8-2-4-10(12)5-3-8/h2-5,9,11,13H,6-7H2,1H3/t9-,11-/m1/s1. The highest BCUT2D eigenvalue weighted by atomic mass is 35.5. The Hall–Kier alpha value is -0.530. The molecule has 0 amide bonds. The number of halogens is 1. The van der Waals surface area contributed by atoms with Crippen molar-refractivity contribution in [1.29, 1.82) is 0 Å². The predicted molar refractivity (Wildman–Crippen MR) is 56.2 cm³/mol. The molecule has 1 aliphatic carbocycles. The summed E-state index contributed by atoms with van der Waals surface area (Å²) >= 11 is 5.82. The maximum atomic E-state index is 5.82. The fraction of sp³-hybridized carbons (Fsp3) is 0.455. The van der Waals surface area contributed by atoms with Gasteiger partial charge in [0.25, 0.3) is 0 Å². The zero-order chi connectivity index (χ0) is 9.26. The minimum atomic E-state index is 0.768. The molecule has 1 N–H and O–H groups in total. The van der Waals surface area contributed by atoms with Crippen molar-refractivity contribution in [3.63, 3.8) is 0 Å². The summed E-state index contributed by atoms with van der Waals surface area (Å²) in [5.41, 5.74) is 1.43. The molecule has 0 radical (unpaired) electrons. The minimum absolute atomic E-state index is 0.768.